The largest absolute Gasteiger partial charge is 0.478 e. The molecule has 0 amide bonds. The third-order valence-corrected chi connectivity index (χ3v) is 2.56. The number of halogens is 2. The van der Waals surface area contributed by atoms with Gasteiger partial charge in [0.05, 0.1) is 16.8 Å². The van der Waals surface area contributed by atoms with Gasteiger partial charge in [0.2, 0.25) is 0 Å². The number of aromatic carboxylic acids is 1. The summed E-state index contributed by atoms with van der Waals surface area (Å²) in [5.74, 6) is -1.57. The highest BCUT2D eigenvalue weighted by molar-refractivity contribution is 6.33. The molecule has 0 radical (unpaired) electrons. The number of hydrogen-bond donors (Lipinski definition) is 1. The minimum Gasteiger partial charge on any atom is -0.478 e. The van der Waals surface area contributed by atoms with E-state index in [1.807, 2.05) is 0 Å². The molecule has 0 saturated carbocycles. The molecule has 0 saturated heterocycles. The number of aromatic nitrogens is 1. The topological polar surface area (TPSA) is 50.2 Å². The number of nitrogens with zero attached hydrogens (tertiary/aromatic N) is 1. The lowest BCUT2D eigenvalue weighted by Gasteiger charge is -2.05. The maximum Gasteiger partial charge on any atom is 0.335 e. The van der Waals surface area contributed by atoms with Gasteiger partial charge in [0.25, 0.3) is 0 Å². The molecule has 17 heavy (non-hydrogen) atoms. The van der Waals surface area contributed by atoms with E-state index in [1.54, 1.807) is 0 Å². The van der Waals surface area contributed by atoms with Gasteiger partial charge in [-0.3, -0.25) is 4.98 Å². The van der Waals surface area contributed by atoms with Crippen LogP contribution in [0.3, 0.4) is 0 Å². The summed E-state index contributed by atoms with van der Waals surface area (Å²) in [6, 6.07) is 5.81. The summed E-state index contributed by atoms with van der Waals surface area (Å²) in [4.78, 5) is 14.3. The van der Waals surface area contributed by atoms with Crippen LogP contribution < -0.4 is 0 Å². The van der Waals surface area contributed by atoms with Crippen LogP contribution in [0.2, 0.25) is 5.02 Å². The highest BCUT2D eigenvalue weighted by Crippen LogP contribution is 2.29. The molecule has 0 aliphatic carbocycles. The predicted molar refractivity (Wildman–Crippen MR) is 61.6 cm³/mol. The van der Waals surface area contributed by atoms with Crippen LogP contribution in [0.5, 0.6) is 0 Å². The second kappa shape index (κ2) is 4.51. The van der Waals surface area contributed by atoms with Crippen LogP contribution in [0.15, 0.2) is 36.7 Å². The lowest BCUT2D eigenvalue weighted by atomic mass is 10.0. The zero-order chi connectivity index (χ0) is 12.4. The fraction of sp³-hybridized carbons (Fsp3) is 0. The zero-order valence-electron chi connectivity index (χ0n) is 8.52. The Morgan fingerprint density at radius 2 is 1.88 bits per heavy atom. The van der Waals surface area contributed by atoms with Gasteiger partial charge in [0.15, 0.2) is 5.82 Å². The number of rotatable bonds is 2. The van der Waals surface area contributed by atoms with E-state index in [2.05, 4.69) is 4.98 Å². The van der Waals surface area contributed by atoms with Gasteiger partial charge in [-0.25, -0.2) is 9.18 Å². The highest BCUT2D eigenvalue weighted by atomic mass is 35.5. The first-order valence-corrected chi connectivity index (χ1v) is 5.10. The minimum atomic E-state index is -1.03. The van der Waals surface area contributed by atoms with E-state index in [4.69, 9.17) is 16.7 Å². The molecule has 0 unspecified atom stereocenters. The molecule has 1 N–H and O–H groups in total. The SMILES string of the molecule is O=C(O)c1ccc(-c2c(F)cncc2Cl)cc1. The van der Waals surface area contributed by atoms with E-state index in [-0.39, 0.29) is 16.1 Å². The molecule has 0 aliphatic rings. The summed E-state index contributed by atoms with van der Waals surface area (Å²) < 4.78 is 13.5. The van der Waals surface area contributed by atoms with Crippen LogP contribution in [0.1, 0.15) is 10.4 Å². The van der Waals surface area contributed by atoms with Crippen molar-refractivity contribution in [1.82, 2.24) is 4.98 Å². The monoisotopic (exact) mass is 251 g/mol. The summed E-state index contributed by atoms with van der Waals surface area (Å²) in [6.07, 6.45) is 2.40. The lowest BCUT2D eigenvalue weighted by molar-refractivity contribution is 0.0697. The van der Waals surface area contributed by atoms with Crippen molar-refractivity contribution >= 4 is 17.6 Å². The molecule has 0 aliphatic heterocycles. The quantitative estimate of drug-likeness (QED) is 0.891. The Bertz CT molecular complexity index is 549. The summed E-state index contributed by atoms with van der Waals surface area (Å²) >= 11 is 5.85. The summed E-state index contributed by atoms with van der Waals surface area (Å²) in [5, 5.41) is 8.93. The number of benzene rings is 1. The molecule has 0 fully saturated rings. The van der Waals surface area contributed by atoms with Crippen LogP contribution in [0, 0.1) is 5.82 Å². The fourth-order valence-electron chi connectivity index (χ4n) is 1.47. The molecule has 1 heterocycles. The Morgan fingerprint density at radius 1 is 1.24 bits per heavy atom. The van der Waals surface area contributed by atoms with Gasteiger partial charge >= 0.3 is 5.97 Å². The Morgan fingerprint density at radius 3 is 2.41 bits per heavy atom. The van der Waals surface area contributed by atoms with Crippen molar-refractivity contribution in [3.8, 4) is 11.1 Å². The van der Waals surface area contributed by atoms with Crippen LogP contribution in [-0.2, 0) is 0 Å². The smallest absolute Gasteiger partial charge is 0.335 e. The highest BCUT2D eigenvalue weighted by Gasteiger charge is 2.11. The normalized spacial score (nSPS) is 10.2. The van der Waals surface area contributed by atoms with Crippen molar-refractivity contribution < 1.29 is 14.3 Å². The molecular formula is C12H7ClFNO2. The standard InChI is InChI=1S/C12H7ClFNO2/c13-9-5-15-6-10(14)11(9)7-1-3-8(4-2-7)12(16)17/h1-6H,(H,16,17). The molecule has 3 nitrogen and oxygen atoms in total. The number of pyridine rings is 1. The van der Waals surface area contributed by atoms with Crippen LogP contribution in [0.4, 0.5) is 4.39 Å². The summed E-state index contributed by atoms with van der Waals surface area (Å²) in [7, 11) is 0. The first kappa shape index (κ1) is 11.5. The molecular weight excluding hydrogens is 245 g/mol. The van der Waals surface area contributed by atoms with Gasteiger partial charge in [0.1, 0.15) is 0 Å². The Balaban J connectivity index is 2.50. The van der Waals surface area contributed by atoms with Crippen LogP contribution in [-0.4, -0.2) is 16.1 Å². The first-order valence-electron chi connectivity index (χ1n) is 4.72. The molecule has 0 atom stereocenters. The van der Waals surface area contributed by atoms with Crippen LogP contribution >= 0.6 is 11.6 Å². The van der Waals surface area contributed by atoms with Gasteiger partial charge in [-0.2, -0.15) is 0 Å². The number of carbonyl (C=O) groups is 1. The Labute approximate surface area is 101 Å². The third kappa shape index (κ3) is 2.26. The van der Waals surface area contributed by atoms with Crippen molar-refractivity contribution in [2.75, 3.05) is 0 Å². The second-order valence-corrected chi connectivity index (χ2v) is 3.77. The van der Waals surface area contributed by atoms with Gasteiger partial charge in [0, 0.05) is 11.8 Å². The van der Waals surface area contributed by atoms with Crippen LogP contribution in [0.25, 0.3) is 11.1 Å². The second-order valence-electron chi connectivity index (χ2n) is 3.36. The van der Waals surface area contributed by atoms with E-state index in [9.17, 15) is 9.18 Å². The molecule has 0 bridgehead atoms. The Hall–Kier alpha value is -1.94. The molecule has 2 rings (SSSR count). The van der Waals surface area contributed by atoms with E-state index < -0.39 is 11.8 Å². The average Bonchev–Trinajstić information content (AvgIpc) is 2.29. The number of hydrogen-bond acceptors (Lipinski definition) is 2. The fourth-order valence-corrected chi connectivity index (χ4v) is 1.72. The van der Waals surface area contributed by atoms with Gasteiger partial charge in [-0.05, 0) is 17.7 Å². The third-order valence-electron chi connectivity index (χ3n) is 2.27. The maximum absolute atomic E-state index is 13.5. The van der Waals surface area contributed by atoms with Crippen molar-refractivity contribution in [2.24, 2.45) is 0 Å². The van der Waals surface area contributed by atoms with Crippen molar-refractivity contribution in [3.63, 3.8) is 0 Å². The van der Waals surface area contributed by atoms with Crippen molar-refractivity contribution in [3.05, 3.63) is 53.1 Å². The van der Waals surface area contributed by atoms with E-state index in [0.717, 1.165) is 6.20 Å². The molecule has 86 valence electrons. The summed E-state index contributed by atoms with van der Waals surface area (Å²) in [5.41, 5.74) is 0.873. The number of carboxylic acid groups (broad SMARTS) is 1. The predicted octanol–water partition coefficient (Wildman–Crippen LogP) is 3.24. The lowest BCUT2D eigenvalue weighted by Crippen LogP contribution is -1.95. The van der Waals surface area contributed by atoms with Crippen molar-refractivity contribution in [2.45, 2.75) is 0 Å². The van der Waals surface area contributed by atoms with E-state index in [0.29, 0.717) is 5.56 Å². The van der Waals surface area contributed by atoms with Gasteiger partial charge < -0.3 is 5.11 Å². The maximum atomic E-state index is 13.5. The minimum absolute atomic E-state index is 0.138. The average molecular weight is 252 g/mol. The zero-order valence-corrected chi connectivity index (χ0v) is 9.28. The number of carboxylic acids is 1. The summed E-state index contributed by atoms with van der Waals surface area (Å²) in [6.45, 7) is 0. The molecule has 1 aromatic heterocycles. The Kier molecular flexibility index (Phi) is 3.06. The molecule has 2 aromatic rings. The first-order chi connectivity index (χ1) is 8.09. The van der Waals surface area contributed by atoms with Gasteiger partial charge in [-0.1, -0.05) is 23.7 Å². The molecule has 0 spiro atoms. The molecule has 5 heteroatoms. The van der Waals surface area contributed by atoms with Crippen molar-refractivity contribution in [1.29, 1.82) is 0 Å². The molecule has 1 aromatic carbocycles. The van der Waals surface area contributed by atoms with E-state index >= 15 is 0 Å². The van der Waals surface area contributed by atoms with E-state index in [1.165, 1.54) is 30.5 Å². The van der Waals surface area contributed by atoms with Gasteiger partial charge in [-0.15, -0.1) is 0 Å².